The van der Waals surface area contributed by atoms with E-state index in [0.29, 0.717) is 17.0 Å². The van der Waals surface area contributed by atoms with Crippen LogP contribution in [0.25, 0.3) is 0 Å². The summed E-state index contributed by atoms with van der Waals surface area (Å²) >= 11 is 0. The standard InChI is InChI=1S/C25H33N3O4/c1-25(2,3)21-16-20(31-5)10-11-22(21)32-17-23(29)26-19-8-6-18(7-9-19)24(30)28-14-12-27(4)13-15-28/h6-11,16H,12-15,17H2,1-5H3,(H,26,29). The lowest BCUT2D eigenvalue weighted by Crippen LogP contribution is -2.47. The average molecular weight is 440 g/mol. The molecule has 1 saturated heterocycles. The van der Waals surface area contributed by atoms with Crippen molar-refractivity contribution < 1.29 is 19.1 Å². The van der Waals surface area contributed by atoms with E-state index in [-0.39, 0.29) is 23.8 Å². The zero-order valence-corrected chi connectivity index (χ0v) is 19.6. The predicted octanol–water partition coefficient (Wildman–Crippen LogP) is 3.40. The first-order valence-corrected chi connectivity index (χ1v) is 10.9. The lowest BCUT2D eigenvalue weighted by molar-refractivity contribution is -0.118. The van der Waals surface area contributed by atoms with E-state index in [2.05, 4.69) is 38.0 Å². The maximum Gasteiger partial charge on any atom is 0.262 e. The summed E-state index contributed by atoms with van der Waals surface area (Å²) in [4.78, 5) is 29.1. The number of likely N-dealkylation sites (N-methyl/N-ethyl adjacent to an activating group) is 1. The molecule has 0 bridgehead atoms. The van der Waals surface area contributed by atoms with Gasteiger partial charge in [0.05, 0.1) is 7.11 Å². The van der Waals surface area contributed by atoms with Gasteiger partial charge in [-0.2, -0.15) is 0 Å². The highest BCUT2D eigenvalue weighted by Gasteiger charge is 2.22. The molecule has 0 atom stereocenters. The molecule has 2 aromatic carbocycles. The molecule has 1 aliphatic heterocycles. The monoisotopic (exact) mass is 439 g/mol. The summed E-state index contributed by atoms with van der Waals surface area (Å²) in [6.45, 7) is 9.35. The van der Waals surface area contributed by atoms with Gasteiger partial charge < -0.3 is 24.6 Å². The third kappa shape index (κ3) is 6.01. The fraction of sp³-hybridized carbons (Fsp3) is 0.440. The van der Waals surface area contributed by atoms with Gasteiger partial charge in [-0.05, 0) is 54.9 Å². The summed E-state index contributed by atoms with van der Waals surface area (Å²) in [6, 6.07) is 12.6. The summed E-state index contributed by atoms with van der Waals surface area (Å²) < 4.78 is 11.1. The lowest BCUT2D eigenvalue weighted by atomic mass is 9.86. The van der Waals surface area contributed by atoms with E-state index in [0.717, 1.165) is 37.5 Å². The molecule has 1 fully saturated rings. The second kappa shape index (κ2) is 10.0. The molecule has 3 rings (SSSR count). The van der Waals surface area contributed by atoms with E-state index >= 15 is 0 Å². The van der Waals surface area contributed by atoms with E-state index in [1.54, 1.807) is 31.4 Å². The normalized spacial score (nSPS) is 14.7. The summed E-state index contributed by atoms with van der Waals surface area (Å²) in [5, 5.41) is 2.82. The van der Waals surface area contributed by atoms with Crippen molar-refractivity contribution in [1.82, 2.24) is 9.80 Å². The van der Waals surface area contributed by atoms with Gasteiger partial charge in [0, 0.05) is 43.0 Å². The van der Waals surface area contributed by atoms with Crippen molar-refractivity contribution in [3.8, 4) is 11.5 Å². The Morgan fingerprint density at radius 3 is 2.25 bits per heavy atom. The van der Waals surface area contributed by atoms with Crippen LogP contribution in [-0.4, -0.2) is 68.6 Å². The fourth-order valence-corrected chi connectivity index (χ4v) is 3.58. The van der Waals surface area contributed by atoms with E-state index in [1.165, 1.54) is 0 Å². The number of piperazine rings is 1. The molecule has 2 aromatic rings. The van der Waals surface area contributed by atoms with Crippen LogP contribution in [0.5, 0.6) is 11.5 Å². The summed E-state index contributed by atoms with van der Waals surface area (Å²) in [6.07, 6.45) is 0. The van der Waals surface area contributed by atoms with Crippen LogP contribution >= 0.6 is 0 Å². The molecule has 0 radical (unpaired) electrons. The van der Waals surface area contributed by atoms with Crippen LogP contribution in [0.15, 0.2) is 42.5 Å². The largest absolute Gasteiger partial charge is 0.497 e. The molecule has 0 spiro atoms. The Morgan fingerprint density at radius 2 is 1.66 bits per heavy atom. The molecule has 1 aliphatic rings. The third-order valence-corrected chi connectivity index (χ3v) is 5.56. The quantitative estimate of drug-likeness (QED) is 0.747. The van der Waals surface area contributed by atoms with Gasteiger partial charge in [-0.1, -0.05) is 20.8 Å². The van der Waals surface area contributed by atoms with Gasteiger partial charge in [0.2, 0.25) is 0 Å². The first-order chi connectivity index (χ1) is 15.2. The number of hydrogen-bond acceptors (Lipinski definition) is 5. The number of nitrogens with zero attached hydrogens (tertiary/aromatic N) is 2. The second-order valence-corrected chi connectivity index (χ2v) is 9.12. The number of methoxy groups -OCH3 is 1. The van der Waals surface area contributed by atoms with Crippen molar-refractivity contribution >= 4 is 17.5 Å². The summed E-state index contributed by atoms with van der Waals surface area (Å²) in [5.41, 5.74) is 2.06. The average Bonchev–Trinajstić information content (AvgIpc) is 2.77. The number of benzene rings is 2. The number of anilines is 1. The Hall–Kier alpha value is -3.06. The number of hydrogen-bond donors (Lipinski definition) is 1. The molecule has 0 saturated carbocycles. The van der Waals surface area contributed by atoms with E-state index in [1.807, 2.05) is 23.1 Å². The van der Waals surface area contributed by atoms with Crippen LogP contribution in [0.2, 0.25) is 0 Å². The highest BCUT2D eigenvalue weighted by molar-refractivity contribution is 5.96. The summed E-state index contributed by atoms with van der Waals surface area (Å²) in [7, 11) is 3.68. The molecule has 0 aromatic heterocycles. The summed E-state index contributed by atoms with van der Waals surface area (Å²) in [5.74, 6) is 1.16. The van der Waals surface area contributed by atoms with Crippen LogP contribution in [0.3, 0.4) is 0 Å². The van der Waals surface area contributed by atoms with Gasteiger partial charge in [-0.3, -0.25) is 9.59 Å². The molecule has 172 valence electrons. The van der Waals surface area contributed by atoms with Crippen LogP contribution in [0, 0.1) is 0 Å². The lowest BCUT2D eigenvalue weighted by Gasteiger charge is -2.32. The van der Waals surface area contributed by atoms with Gasteiger partial charge in [-0.15, -0.1) is 0 Å². The first kappa shape index (κ1) is 23.6. The Bertz CT molecular complexity index is 943. The number of amides is 2. The van der Waals surface area contributed by atoms with Crippen LogP contribution in [0.1, 0.15) is 36.7 Å². The van der Waals surface area contributed by atoms with E-state index < -0.39 is 0 Å². The Balaban J connectivity index is 1.57. The number of nitrogens with one attached hydrogen (secondary N) is 1. The van der Waals surface area contributed by atoms with Crippen LogP contribution < -0.4 is 14.8 Å². The minimum absolute atomic E-state index is 0.0218. The minimum atomic E-state index is -0.265. The number of rotatable bonds is 6. The molecule has 0 aliphatic carbocycles. The first-order valence-electron chi connectivity index (χ1n) is 10.9. The maximum atomic E-state index is 12.6. The molecular formula is C25H33N3O4. The van der Waals surface area contributed by atoms with Crippen LogP contribution in [0.4, 0.5) is 5.69 Å². The van der Waals surface area contributed by atoms with E-state index in [9.17, 15) is 9.59 Å². The van der Waals surface area contributed by atoms with Crippen LogP contribution in [-0.2, 0) is 10.2 Å². The van der Waals surface area contributed by atoms with Crippen molar-refractivity contribution in [3.05, 3.63) is 53.6 Å². The second-order valence-electron chi connectivity index (χ2n) is 9.12. The molecule has 2 amide bonds. The Labute approximate surface area is 190 Å². The van der Waals surface area contributed by atoms with Gasteiger partial charge >= 0.3 is 0 Å². The topological polar surface area (TPSA) is 71.1 Å². The highest BCUT2D eigenvalue weighted by Crippen LogP contribution is 2.34. The molecule has 32 heavy (non-hydrogen) atoms. The fourth-order valence-electron chi connectivity index (χ4n) is 3.58. The zero-order valence-electron chi connectivity index (χ0n) is 19.6. The molecule has 1 heterocycles. The van der Waals surface area contributed by atoms with Crippen molar-refractivity contribution in [3.63, 3.8) is 0 Å². The number of carbonyl (C=O) groups excluding carboxylic acids is 2. The van der Waals surface area contributed by atoms with Crippen molar-refractivity contribution in [2.24, 2.45) is 0 Å². The Kier molecular flexibility index (Phi) is 7.40. The molecule has 7 nitrogen and oxygen atoms in total. The maximum absolute atomic E-state index is 12.6. The Morgan fingerprint density at radius 1 is 1.00 bits per heavy atom. The van der Waals surface area contributed by atoms with Crippen molar-refractivity contribution in [2.75, 3.05) is 52.3 Å². The third-order valence-electron chi connectivity index (χ3n) is 5.56. The molecule has 7 heteroatoms. The molecular weight excluding hydrogens is 406 g/mol. The highest BCUT2D eigenvalue weighted by atomic mass is 16.5. The van der Waals surface area contributed by atoms with Gasteiger partial charge in [0.15, 0.2) is 6.61 Å². The van der Waals surface area contributed by atoms with Gasteiger partial charge in [-0.25, -0.2) is 0 Å². The van der Waals surface area contributed by atoms with E-state index in [4.69, 9.17) is 9.47 Å². The number of carbonyl (C=O) groups is 2. The molecule has 0 unspecified atom stereocenters. The van der Waals surface area contributed by atoms with Gasteiger partial charge in [0.1, 0.15) is 11.5 Å². The van der Waals surface area contributed by atoms with Crippen molar-refractivity contribution in [1.29, 1.82) is 0 Å². The SMILES string of the molecule is COc1ccc(OCC(=O)Nc2ccc(C(=O)N3CCN(C)CC3)cc2)c(C(C)(C)C)c1. The smallest absolute Gasteiger partial charge is 0.262 e. The predicted molar refractivity (Wildman–Crippen MR) is 126 cm³/mol. The number of ether oxygens (including phenoxy) is 2. The minimum Gasteiger partial charge on any atom is -0.497 e. The zero-order chi connectivity index (χ0) is 23.3. The van der Waals surface area contributed by atoms with Gasteiger partial charge in [0.25, 0.3) is 11.8 Å². The van der Waals surface area contributed by atoms with Crippen molar-refractivity contribution in [2.45, 2.75) is 26.2 Å². The molecule has 1 N–H and O–H groups in total.